The molecule has 0 aliphatic carbocycles. The average molecular weight is 205 g/mol. The monoisotopic (exact) mass is 205 g/mol. The van der Waals surface area contributed by atoms with Gasteiger partial charge in [-0.3, -0.25) is 4.79 Å². The van der Waals surface area contributed by atoms with Gasteiger partial charge in [-0.15, -0.1) is 0 Å². The third-order valence-electron chi connectivity index (χ3n) is 2.19. The van der Waals surface area contributed by atoms with Gasteiger partial charge in [0.25, 0.3) is 0 Å². The van der Waals surface area contributed by atoms with Gasteiger partial charge in [0.15, 0.2) is 5.75 Å². The van der Waals surface area contributed by atoms with Crippen LogP contribution in [0.5, 0.6) is 11.5 Å². The molecular weight excluding hydrogens is 194 g/mol. The summed E-state index contributed by atoms with van der Waals surface area (Å²) in [6, 6.07) is 4.92. The van der Waals surface area contributed by atoms with Crippen molar-refractivity contribution in [2.24, 2.45) is 7.05 Å². The van der Waals surface area contributed by atoms with Crippen LogP contribution in [0.1, 0.15) is 6.92 Å². The summed E-state index contributed by atoms with van der Waals surface area (Å²) in [5, 5.41) is 10.1. The lowest BCUT2D eigenvalue weighted by Crippen LogP contribution is -2.00. The van der Waals surface area contributed by atoms with Crippen LogP contribution in [-0.4, -0.2) is 15.6 Å². The Bertz CT molecular complexity index is 528. The summed E-state index contributed by atoms with van der Waals surface area (Å²) in [7, 11) is 1.83. The highest BCUT2D eigenvalue weighted by Crippen LogP contribution is 2.29. The van der Waals surface area contributed by atoms with Gasteiger partial charge in [-0.2, -0.15) is 0 Å². The molecule has 2 aromatic rings. The Hall–Kier alpha value is -1.97. The molecule has 1 N–H and O–H groups in total. The van der Waals surface area contributed by atoms with Gasteiger partial charge in [0.05, 0.1) is 5.52 Å². The molecule has 0 bridgehead atoms. The second-order valence-electron chi connectivity index (χ2n) is 3.40. The third-order valence-corrected chi connectivity index (χ3v) is 2.19. The zero-order valence-electron chi connectivity index (χ0n) is 8.52. The van der Waals surface area contributed by atoms with E-state index in [9.17, 15) is 9.90 Å². The first-order valence-electron chi connectivity index (χ1n) is 4.54. The number of benzene rings is 1. The van der Waals surface area contributed by atoms with E-state index >= 15 is 0 Å². The molecule has 0 aliphatic heterocycles. The molecule has 0 unspecified atom stereocenters. The average Bonchev–Trinajstić information content (AvgIpc) is 2.42. The summed E-state index contributed by atoms with van der Waals surface area (Å²) >= 11 is 0. The van der Waals surface area contributed by atoms with E-state index in [1.165, 1.54) is 6.92 Å². The number of aromatic hydroxyl groups is 1. The fraction of sp³-hybridized carbons (Fsp3) is 0.182. The molecule has 1 aromatic heterocycles. The summed E-state index contributed by atoms with van der Waals surface area (Å²) in [6.45, 7) is 1.36. The number of rotatable bonds is 1. The number of aryl methyl sites for hydroxylation is 1. The molecular formula is C11H11NO3. The van der Waals surface area contributed by atoms with E-state index in [0.29, 0.717) is 5.75 Å². The number of carbonyl (C=O) groups is 1. The third kappa shape index (κ3) is 1.66. The van der Waals surface area contributed by atoms with E-state index in [4.69, 9.17) is 4.74 Å². The molecule has 1 aromatic carbocycles. The molecule has 0 saturated carbocycles. The van der Waals surface area contributed by atoms with Gasteiger partial charge in [0, 0.05) is 31.6 Å². The first-order valence-corrected chi connectivity index (χ1v) is 4.54. The van der Waals surface area contributed by atoms with Crippen LogP contribution in [0.2, 0.25) is 0 Å². The largest absolute Gasteiger partial charge is 0.508 e. The lowest BCUT2D eigenvalue weighted by atomic mass is 10.2. The van der Waals surface area contributed by atoms with Crippen molar-refractivity contribution in [3.05, 3.63) is 24.4 Å². The number of ether oxygens (including phenoxy) is 1. The molecule has 0 spiro atoms. The Labute approximate surface area is 86.7 Å². The molecule has 2 rings (SSSR count). The van der Waals surface area contributed by atoms with E-state index in [-0.39, 0.29) is 11.7 Å². The summed E-state index contributed by atoms with van der Waals surface area (Å²) < 4.78 is 6.85. The minimum Gasteiger partial charge on any atom is -0.508 e. The van der Waals surface area contributed by atoms with Gasteiger partial charge in [0.2, 0.25) is 0 Å². The molecule has 0 radical (unpaired) electrons. The fourth-order valence-electron chi connectivity index (χ4n) is 1.57. The first-order chi connectivity index (χ1) is 7.08. The first kappa shape index (κ1) is 9.58. The van der Waals surface area contributed by atoms with Gasteiger partial charge < -0.3 is 14.4 Å². The van der Waals surface area contributed by atoms with Gasteiger partial charge in [-0.1, -0.05) is 0 Å². The number of phenols is 1. The molecule has 4 nitrogen and oxygen atoms in total. The van der Waals surface area contributed by atoms with Crippen LogP contribution in [0, 0.1) is 0 Å². The predicted molar refractivity (Wildman–Crippen MR) is 55.9 cm³/mol. The zero-order valence-corrected chi connectivity index (χ0v) is 8.52. The Kier molecular flexibility index (Phi) is 2.11. The van der Waals surface area contributed by atoms with Crippen LogP contribution in [0.25, 0.3) is 10.9 Å². The number of hydrogen-bond donors (Lipinski definition) is 1. The molecule has 1 heterocycles. The summed E-state index contributed by atoms with van der Waals surface area (Å²) in [6.07, 6.45) is 1.71. The molecule has 0 atom stereocenters. The minimum absolute atomic E-state index is 0.193. The van der Waals surface area contributed by atoms with Crippen LogP contribution in [0.3, 0.4) is 0 Å². The van der Waals surface area contributed by atoms with Crippen LogP contribution in [0.15, 0.2) is 24.4 Å². The Balaban J connectivity index is 2.62. The summed E-state index contributed by atoms with van der Waals surface area (Å²) in [5.74, 6) is 0.355. The van der Waals surface area contributed by atoms with E-state index in [2.05, 4.69) is 0 Å². The molecule has 4 heteroatoms. The molecule has 0 fully saturated rings. The quantitative estimate of drug-likeness (QED) is 0.722. The molecule has 15 heavy (non-hydrogen) atoms. The normalized spacial score (nSPS) is 10.5. The minimum atomic E-state index is -0.351. The van der Waals surface area contributed by atoms with E-state index in [1.807, 2.05) is 7.05 Å². The summed E-state index contributed by atoms with van der Waals surface area (Å²) in [5.41, 5.74) is 0.825. The maximum absolute atomic E-state index is 10.9. The van der Waals surface area contributed by atoms with E-state index < -0.39 is 0 Å². The van der Waals surface area contributed by atoms with E-state index in [1.54, 1.807) is 29.0 Å². The van der Waals surface area contributed by atoms with Gasteiger partial charge in [-0.25, -0.2) is 0 Å². The standard InChI is InChI=1S/C11H11NO3/c1-7(13)15-11-6-12(2)10-5-8(14)3-4-9(10)11/h3-6,14H,1-2H3. The second kappa shape index (κ2) is 3.31. The number of fused-ring (bicyclic) bond motifs is 1. The number of esters is 1. The molecule has 78 valence electrons. The maximum Gasteiger partial charge on any atom is 0.308 e. The van der Waals surface area contributed by atoms with Crippen LogP contribution in [0.4, 0.5) is 0 Å². The van der Waals surface area contributed by atoms with Crippen molar-refractivity contribution < 1.29 is 14.6 Å². The second-order valence-corrected chi connectivity index (χ2v) is 3.40. The molecule has 0 aliphatic rings. The van der Waals surface area contributed by atoms with Crippen molar-refractivity contribution in [1.29, 1.82) is 0 Å². The number of nitrogens with zero attached hydrogens (tertiary/aromatic N) is 1. The van der Waals surface area contributed by atoms with Crippen molar-refractivity contribution in [3.63, 3.8) is 0 Å². The fourth-order valence-corrected chi connectivity index (χ4v) is 1.57. The Morgan fingerprint density at radius 1 is 1.47 bits per heavy atom. The number of carbonyl (C=O) groups excluding carboxylic acids is 1. The smallest absolute Gasteiger partial charge is 0.308 e. The Morgan fingerprint density at radius 3 is 2.87 bits per heavy atom. The van der Waals surface area contributed by atoms with Gasteiger partial charge in [-0.05, 0) is 12.1 Å². The zero-order chi connectivity index (χ0) is 11.0. The predicted octanol–water partition coefficient (Wildman–Crippen LogP) is 1.81. The number of hydrogen-bond acceptors (Lipinski definition) is 3. The molecule has 0 amide bonds. The van der Waals surface area contributed by atoms with Crippen molar-refractivity contribution in [1.82, 2.24) is 4.57 Å². The van der Waals surface area contributed by atoms with Gasteiger partial charge in [0.1, 0.15) is 5.75 Å². The molecule has 0 saturated heterocycles. The summed E-state index contributed by atoms with van der Waals surface area (Å²) in [4.78, 5) is 10.9. The van der Waals surface area contributed by atoms with Crippen molar-refractivity contribution >= 4 is 16.9 Å². The topological polar surface area (TPSA) is 51.5 Å². The van der Waals surface area contributed by atoms with E-state index in [0.717, 1.165) is 10.9 Å². The van der Waals surface area contributed by atoms with Crippen molar-refractivity contribution in [2.45, 2.75) is 6.92 Å². The number of phenolic OH excluding ortho intramolecular Hbond substituents is 1. The maximum atomic E-state index is 10.9. The Morgan fingerprint density at radius 2 is 2.20 bits per heavy atom. The lowest BCUT2D eigenvalue weighted by molar-refractivity contribution is -0.131. The van der Waals surface area contributed by atoms with Crippen LogP contribution < -0.4 is 4.74 Å². The SMILES string of the molecule is CC(=O)Oc1cn(C)c2cc(O)ccc12. The van der Waals surface area contributed by atoms with Crippen LogP contribution in [-0.2, 0) is 11.8 Å². The highest BCUT2D eigenvalue weighted by Gasteiger charge is 2.09. The number of aromatic nitrogens is 1. The highest BCUT2D eigenvalue weighted by atomic mass is 16.5. The van der Waals surface area contributed by atoms with Crippen LogP contribution >= 0.6 is 0 Å². The lowest BCUT2D eigenvalue weighted by Gasteiger charge is -1.98. The highest BCUT2D eigenvalue weighted by molar-refractivity contribution is 5.89. The van der Waals surface area contributed by atoms with Crippen molar-refractivity contribution in [2.75, 3.05) is 0 Å². The van der Waals surface area contributed by atoms with Crippen molar-refractivity contribution in [3.8, 4) is 11.5 Å². The van der Waals surface area contributed by atoms with Gasteiger partial charge >= 0.3 is 5.97 Å².